The van der Waals surface area contributed by atoms with Gasteiger partial charge in [0.1, 0.15) is 16.5 Å². The Morgan fingerprint density at radius 3 is 2.26 bits per heavy atom. The lowest BCUT2D eigenvalue weighted by atomic mass is 10.2. The number of nitrogens with one attached hydrogen (secondary N) is 1. The van der Waals surface area contributed by atoms with Crippen molar-refractivity contribution in [1.82, 2.24) is 9.97 Å². The van der Waals surface area contributed by atoms with Gasteiger partial charge in [-0.15, -0.1) is 0 Å². The van der Waals surface area contributed by atoms with E-state index in [0.29, 0.717) is 27.3 Å². The lowest BCUT2D eigenvalue weighted by molar-refractivity contribution is -0.113. The third kappa shape index (κ3) is 5.80. The first kappa shape index (κ1) is 22.9. The maximum atomic E-state index is 12.7. The molecule has 1 N–H and O–H groups in total. The van der Waals surface area contributed by atoms with Crippen molar-refractivity contribution in [3.63, 3.8) is 0 Å². The molecular formula is C28H20ClN3O2S. The number of hydrogen-bond acceptors (Lipinski definition) is 5. The fourth-order valence-electron chi connectivity index (χ4n) is 3.46. The molecule has 5 aromatic rings. The quantitative estimate of drug-likeness (QED) is 0.186. The smallest absolute Gasteiger partial charge is 0.234 e. The number of anilines is 1. The molecule has 0 bridgehead atoms. The first-order valence-corrected chi connectivity index (χ1v) is 12.3. The van der Waals surface area contributed by atoms with Gasteiger partial charge >= 0.3 is 0 Å². The zero-order valence-electron chi connectivity index (χ0n) is 18.5. The van der Waals surface area contributed by atoms with Gasteiger partial charge in [-0.1, -0.05) is 71.9 Å². The van der Waals surface area contributed by atoms with E-state index in [9.17, 15) is 4.79 Å². The van der Waals surface area contributed by atoms with Gasteiger partial charge in [-0.2, -0.15) is 0 Å². The molecule has 5 rings (SSSR count). The van der Waals surface area contributed by atoms with Gasteiger partial charge in [0.25, 0.3) is 0 Å². The molecule has 1 aromatic heterocycles. The van der Waals surface area contributed by atoms with Crippen LogP contribution in [0.4, 0.5) is 5.69 Å². The van der Waals surface area contributed by atoms with Crippen LogP contribution in [0, 0.1) is 0 Å². The summed E-state index contributed by atoms with van der Waals surface area (Å²) in [4.78, 5) is 22.1. The van der Waals surface area contributed by atoms with Gasteiger partial charge < -0.3 is 10.1 Å². The number of nitrogens with zero attached hydrogens (tertiary/aromatic N) is 2. The molecule has 0 unspecified atom stereocenters. The van der Waals surface area contributed by atoms with Crippen molar-refractivity contribution < 1.29 is 9.53 Å². The summed E-state index contributed by atoms with van der Waals surface area (Å²) in [6, 6.07) is 32.1. The highest BCUT2D eigenvalue weighted by molar-refractivity contribution is 8.00. The van der Waals surface area contributed by atoms with Crippen molar-refractivity contribution in [3.05, 3.63) is 108 Å². The average Bonchev–Trinajstić information content (AvgIpc) is 2.89. The first-order chi connectivity index (χ1) is 17.1. The van der Waals surface area contributed by atoms with E-state index < -0.39 is 0 Å². The molecule has 7 heteroatoms. The van der Waals surface area contributed by atoms with Crippen molar-refractivity contribution >= 4 is 45.9 Å². The standard InChI is InChI=1S/C28H20ClN3O2S/c29-20-11-16-25-24(17-20)28(32-27(31-25)19-7-3-1-4-8-19)35-18-26(33)30-21-12-14-23(15-13-21)34-22-9-5-2-6-10-22/h1-17H,18H2,(H,30,33). The van der Waals surface area contributed by atoms with Gasteiger partial charge in [-0.3, -0.25) is 4.79 Å². The first-order valence-electron chi connectivity index (χ1n) is 10.9. The van der Waals surface area contributed by atoms with Gasteiger partial charge in [0, 0.05) is 21.7 Å². The minimum Gasteiger partial charge on any atom is -0.457 e. The van der Waals surface area contributed by atoms with Gasteiger partial charge in [0.15, 0.2) is 5.82 Å². The summed E-state index contributed by atoms with van der Waals surface area (Å²) in [6.07, 6.45) is 0. The Morgan fingerprint density at radius 2 is 1.51 bits per heavy atom. The van der Waals surface area contributed by atoms with Gasteiger partial charge in [-0.05, 0) is 54.6 Å². The number of ether oxygens (including phenoxy) is 1. The second-order valence-corrected chi connectivity index (χ2v) is 9.06. The van der Waals surface area contributed by atoms with E-state index in [2.05, 4.69) is 10.3 Å². The Bertz CT molecular complexity index is 1460. The third-order valence-electron chi connectivity index (χ3n) is 5.11. The SMILES string of the molecule is O=C(CSc1nc(-c2ccccc2)nc2ccc(Cl)cc12)Nc1ccc(Oc2ccccc2)cc1. The fraction of sp³-hybridized carbons (Fsp3) is 0.0357. The van der Waals surface area contributed by atoms with Gasteiger partial charge in [0.2, 0.25) is 5.91 Å². The van der Waals surface area contributed by atoms with Gasteiger partial charge in [0.05, 0.1) is 11.3 Å². The Hall–Kier alpha value is -3.87. The largest absolute Gasteiger partial charge is 0.457 e. The molecule has 0 saturated carbocycles. The fourth-order valence-corrected chi connectivity index (χ4v) is 4.44. The lowest BCUT2D eigenvalue weighted by Crippen LogP contribution is -2.14. The highest BCUT2D eigenvalue weighted by Crippen LogP contribution is 2.30. The van der Waals surface area contributed by atoms with Crippen LogP contribution in [0.5, 0.6) is 11.5 Å². The second kappa shape index (κ2) is 10.6. The number of carbonyl (C=O) groups is 1. The molecule has 0 aliphatic rings. The Balaban J connectivity index is 1.29. The monoisotopic (exact) mass is 497 g/mol. The van der Waals surface area contributed by atoms with Crippen LogP contribution in [0.3, 0.4) is 0 Å². The van der Waals surface area contributed by atoms with Crippen LogP contribution in [0.15, 0.2) is 108 Å². The normalized spacial score (nSPS) is 10.8. The molecule has 0 radical (unpaired) electrons. The Kier molecular flexibility index (Phi) is 6.93. The molecule has 1 amide bonds. The van der Waals surface area contributed by atoms with Gasteiger partial charge in [-0.25, -0.2) is 9.97 Å². The highest BCUT2D eigenvalue weighted by atomic mass is 35.5. The van der Waals surface area contributed by atoms with E-state index in [1.165, 1.54) is 11.8 Å². The van der Waals surface area contributed by atoms with Crippen molar-refractivity contribution in [1.29, 1.82) is 0 Å². The predicted octanol–water partition coefficient (Wildman–Crippen LogP) is 7.47. The maximum Gasteiger partial charge on any atom is 0.234 e. The molecule has 0 aliphatic heterocycles. The van der Waals surface area contributed by atoms with Crippen LogP contribution >= 0.6 is 23.4 Å². The number of rotatable bonds is 7. The van der Waals surface area contributed by atoms with Crippen molar-refractivity contribution in [3.8, 4) is 22.9 Å². The summed E-state index contributed by atoms with van der Waals surface area (Å²) in [5.74, 6) is 2.11. The molecule has 0 aliphatic carbocycles. The number of carbonyl (C=O) groups excluding carboxylic acids is 1. The molecule has 35 heavy (non-hydrogen) atoms. The zero-order chi connectivity index (χ0) is 24.0. The van der Waals surface area contributed by atoms with E-state index in [-0.39, 0.29) is 11.7 Å². The topological polar surface area (TPSA) is 64.1 Å². The molecule has 1 heterocycles. The van der Waals surface area contributed by atoms with E-state index in [4.69, 9.17) is 21.3 Å². The number of hydrogen-bond donors (Lipinski definition) is 1. The van der Waals surface area contributed by atoms with Crippen LogP contribution in [0.2, 0.25) is 5.02 Å². The lowest BCUT2D eigenvalue weighted by Gasteiger charge is -2.10. The van der Waals surface area contributed by atoms with E-state index in [0.717, 1.165) is 22.2 Å². The number of halogens is 1. The summed E-state index contributed by atoms with van der Waals surface area (Å²) in [6.45, 7) is 0. The maximum absolute atomic E-state index is 12.7. The van der Waals surface area contributed by atoms with Crippen LogP contribution in [0.1, 0.15) is 0 Å². The molecule has 0 spiro atoms. The van der Waals surface area contributed by atoms with E-state index >= 15 is 0 Å². The van der Waals surface area contributed by atoms with Crippen LogP contribution in [-0.4, -0.2) is 21.6 Å². The number of thioether (sulfide) groups is 1. The third-order valence-corrected chi connectivity index (χ3v) is 6.34. The Labute approximate surface area is 212 Å². The molecule has 5 nitrogen and oxygen atoms in total. The number of benzene rings is 4. The summed E-state index contributed by atoms with van der Waals surface area (Å²) >= 11 is 7.58. The predicted molar refractivity (Wildman–Crippen MR) is 142 cm³/mol. The van der Waals surface area contributed by atoms with Crippen LogP contribution in [-0.2, 0) is 4.79 Å². The zero-order valence-corrected chi connectivity index (χ0v) is 20.1. The summed E-state index contributed by atoms with van der Waals surface area (Å²) < 4.78 is 5.80. The summed E-state index contributed by atoms with van der Waals surface area (Å²) in [5.41, 5.74) is 2.38. The minimum atomic E-state index is -0.137. The van der Waals surface area contributed by atoms with E-state index in [1.54, 1.807) is 6.07 Å². The van der Waals surface area contributed by atoms with Crippen molar-refractivity contribution in [2.75, 3.05) is 11.1 Å². The molecule has 0 fully saturated rings. The number of aromatic nitrogens is 2. The molecule has 0 atom stereocenters. The van der Waals surface area contributed by atoms with Crippen LogP contribution < -0.4 is 10.1 Å². The minimum absolute atomic E-state index is 0.137. The van der Waals surface area contributed by atoms with E-state index in [1.807, 2.05) is 97.1 Å². The molecule has 4 aromatic carbocycles. The highest BCUT2D eigenvalue weighted by Gasteiger charge is 2.13. The molecular weight excluding hydrogens is 478 g/mol. The summed E-state index contributed by atoms with van der Waals surface area (Å²) in [5, 5.41) is 5.04. The Morgan fingerprint density at radius 1 is 0.829 bits per heavy atom. The summed E-state index contributed by atoms with van der Waals surface area (Å²) in [7, 11) is 0. The number of fused-ring (bicyclic) bond motifs is 1. The second-order valence-electron chi connectivity index (χ2n) is 7.66. The number of para-hydroxylation sites is 1. The van der Waals surface area contributed by atoms with Crippen molar-refractivity contribution in [2.45, 2.75) is 5.03 Å². The average molecular weight is 498 g/mol. The molecule has 172 valence electrons. The van der Waals surface area contributed by atoms with Crippen molar-refractivity contribution in [2.24, 2.45) is 0 Å². The van der Waals surface area contributed by atoms with Crippen LogP contribution in [0.25, 0.3) is 22.3 Å². The molecule has 0 saturated heterocycles. The number of amides is 1.